The van der Waals surface area contributed by atoms with E-state index in [1.165, 1.54) is 13.2 Å². The first kappa shape index (κ1) is 18.6. The number of nitrogens with two attached hydrogens (primary N) is 1. The van der Waals surface area contributed by atoms with Crippen molar-refractivity contribution in [3.8, 4) is 5.75 Å². The Bertz CT molecular complexity index is 693. The molecule has 2 aromatic carbocycles. The van der Waals surface area contributed by atoms with Crippen molar-refractivity contribution in [1.82, 2.24) is 5.32 Å². The molecule has 0 spiro atoms. The maximum atomic E-state index is 11.7. The van der Waals surface area contributed by atoms with Crippen LogP contribution in [0.2, 0.25) is 0 Å². The number of anilines is 1. The first-order valence-electron chi connectivity index (χ1n) is 7.74. The average molecular weight is 346 g/mol. The first-order valence-corrected chi connectivity index (χ1v) is 7.74. The summed E-state index contributed by atoms with van der Waals surface area (Å²) in [7, 11) is 1.48. The molecule has 2 unspecified atom stereocenters. The summed E-state index contributed by atoms with van der Waals surface area (Å²) < 4.78 is 10.1. The second-order valence-electron chi connectivity index (χ2n) is 5.49. The summed E-state index contributed by atoms with van der Waals surface area (Å²) in [5.74, 6) is 0.469. The van der Waals surface area contributed by atoms with Crippen molar-refractivity contribution in [2.45, 2.75) is 18.8 Å². The van der Waals surface area contributed by atoms with Gasteiger partial charge >= 0.3 is 6.09 Å². The number of benzene rings is 2. The van der Waals surface area contributed by atoms with E-state index in [-0.39, 0.29) is 13.2 Å². The monoisotopic (exact) mass is 346 g/mol. The lowest BCUT2D eigenvalue weighted by Gasteiger charge is -2.19. The minimum atomic E-state index is -1.23. The highest BCUT2D eigenvalue weighted by Crippen LogP contribution is 2.25. The van der Waals surface area contributed by atoms with Crippen LogP contribution in [0.1, 0.15) is 17.2 Å². The largest absolute Gasteiger partial charge is 0.497 e. The van der Waals surface area contributed by atoms with Gasteiger partial charge in [0.2, 0.25) is 0 Å². The molecule has 0 heterocycles. The van der Waals surface area contributed by atoms with E-state index >= 15 is 0 Å². The molecule has 0 radical (unpaired) electrons. The summed E-state index contributed by atoms with van der Waals surface area (Å²) in [6.45, 7) is -0.0519. The molecule has 0 saturated heterocycles. The van der Waals surface area contributed by atoms with Crippen LogP contribution in [0.5, 0.6) is 5.75 Å². The molecule has 2 rings (SSSR count). The maximum absolute atomic E-state index is 11.7. The summed E-state index contributed by atoms with van der Waals surface area (Å²) in [4.78, 5) is 11.7. The van der Waals surface area contributed by atoms with Gasteiger partial charge in [-0.1, -0.05) is 30.3 Å². The van der Waals surface area contributed by atoms with Gasteiger partial charge in [-0.2, -0.15) is 0 Å². The number of aliphatic hydroxyl groups is 2. The molecule has 134 valence electrons. The normalized spacial score (nSPS) is 12.9. The van der Waals surface area contributed by atoms with Gasteiger partial charge in [0.15, 0.2) is 0 Å². The molecule has 0 aliphatic carbocycles. The number of amides is 1. The van der Waals surface area contributed by atoms with Crippen molar-refractivity contribution < 1.29 is 24.5 Å². The number of ether oxygens (including phenoxy) is 2. The Labute approximate surface area is 146 Å². The minimum absolute atomic E-state index is 0.123. The Morgan fingerprint density at radius 2 is 1.92 bits per heavy atom. The quantitative estimate of drug-likeness (QED) is 0.566. The Morgan fingerprint density at radius 1 is 1.20 bits per heavy atom. The van der Waals surface area contributed by atoms with E-state index in [1.807, 2.05) is 30.3 Å². The topological polar surface area (TPSA) is 114 Å². The number of hydrogen-bond donors (Lipinski definition) is 4. The van der Waals surface area contributed by atoms with E-state index in [9.17, 15) is 15.0 Å². The molecule has 0 aliphatic rings. The lowest BCUT2D eigenvalue weighted by molar-refractivity contribution is 0.0183. The second kappa shape index (κ2) is 8.91. The fourth-order valence-electron chi connectivity index (χ4n) is 2.23. The van der Waals surface area contributed by atoms with E-state index < -0.39 is 18.3 Å². The van der Waals surface area contributed by atoms with Crippen LogP contribution in [0.4, 0.5) is 10.5 Å². The zero-order valence-corrected chi connectivity index (χ0v) is 13.9. The first-order chi connectivity index (χ1) is 12.0. The Hall–Kier alpha value is -2.77. The molecular weight excluding hydrogens is 324 g/mol. The van der Waals surface area contributed by atoms with E-state index in [0.29, 0.717) is 17.0 Å². The van der Waals surface area contributed by atoms with Crippen LogP contribution in [0.25, 0.3) is 0 Å². The molecule has 5 N–H and O–H groups in total. The molecule has 0 saturated carbocycles. The summed E-state index contributed by atoms with van der Waals surface area (Å²) in [6.07, 6.45) is -3.14. The highest BCUT2D eigenvalue weighted by Gasteiger charge is 2.20. The van der Waals surface area contributed by atoms with Gasteiger partial charge in [0, 0.05) is 18.3 Å². The van der Waals surface area contributed by atoms with Crippen LogP contribution in [0, 0.1) is 0 Å². The van der Waals surface area contributed by atoms with Crippen LogP contribution in [0.3, 0.4) is 0 Å². The highest BCUT2D eigenvalue weighted by molar-refractivity contribution is 5.67. The predicted molar refractivity (Wildman–Crippen MR) is 93.0 cm³/mol. The van der Waals surface area contributed by atoms with Crippen LogP contribution < -0.4 is 15.8 Å². The van der Waals surface area contributed by atoms with Gasteiger partial charge < -0.3 is 30.7 Å². The van der Waals surface area contributed by atoms with Gasteiger partial charge in [-0.3, -0.25) is 0 Å². The van der Waals surface area contributed by atoms with E-state index in [4.69, 9.17) is 15.2 Å². The molecule has 7 heteroatoms. The zero-order chi connectivity index (χ0) is 18.2. The summed E-state index contributed by atoms with van der Waals surface area (Å²) in [5.41, 5.74) is 7.37. The molecule has 7 nitrogen and oxygen atoms in total. The van der Waals surface area contributed by atoms with Gasteiger partial charge in [0.1, 0.15) is 24.6 Å². The van der Waals surface area contributed by atoms with Crippen LogP contribution in [0.15, 0.2) is 48.5 Å². The summed E-state index contributed by atoms with van der Waals surface area (Å²) >= 11 is 0. The standard InChI is InChI=1S/C18H22N2O5/c1-24-15-8-13(7-14(19)9-15)17(22)16(21)10-20-18(23)25-11-12-5-3-2-4-6-12/h2-9,16-17,21-22H,10-11,19H2,1H3,(H,20,23). The molecule has 1 amide bonds. The lowest BCUT2D eigenvalue weighted by Crippen LogP contribution is -2.35. The number of methoxy groups -OCH3 is 1. The predicted octanol–water partition coefficient (Wildman–Crippen LogP) is 1.60. The Balaban J connectivity index is 1.83. The third kappa shape index (κ3) is 5.66. The minimum Gasteiger partial charge on any atom is -0.497 e. The van der Waals surface area contributed by atoms with Crippen molar-refractivity contribution in [2.75, 3.05) is 19.4 Å². The van der Waals surface area contributed by atoms with Gasteiger partial charge in [-0.15, -0.1) is 0 Å². The maximum Gasteiger partial charge on any atom is 0.407 e. The smallest absolute Gasteiger partial charge is 0.407 e. The number of hydrogen-bond acceptors (Lipinski definition) is 6. The zero-order valence-electron chi connectivity index (χ0n) is 13.9. The lowest BCUT2D eigenvalue weighted by atomic mass is 10.0. The molecule has 0 bridgehead atoms. The van der Waals surface area contributed by atoms with E-state index in [2.05, 4.69) is 5.32 Å². The van der Waals surface area contributed by atoms with Crippen LogP contribution >= 0.6 is 0 Å². The number of aliphatic hydroxyl groups excluding tert-OH is 2. The fourth-order valence-corrected chi connectivity index (χ4v) is 2.23. The van der Waals surface area contributed by atoms with Crippen molar-refractivity contribution in [1.29, 1.82) is 0 Å². The molecule has 0 fully saturated rings. The number of nitrogens with one attached hydrogen (secondary N) is 1. The average Bonchev–Trinajstić information content (AvgIpc) is 2.64. The molecule has 25 heavy (non-hydrogen) atoms. The van der Waals surface area contributed by atoms with E-state index in [1.54, 1.807) is 12.1 Å². The van der Waals surface area contributed by atoms with Crippen molar-refractivity contribution in [2.24, 2.45) is 0 Å². The molecule has 0 aromatic heterocycles. The van der Waals surface area contributed by atoms with Gasteiger partial charge in [-0.05, 0) is 23.3 Å². The van der Waals surface area contributed by atoms with E-state index in [0.717, 1.165) is 5.56 Å². The van der Waals surface area contributed by atoms with Crippen LogP contribution in [-0.4, -0.2) is 36.1 Å². The third-order valence-corrected chi connectivity index (χ3v) is 3.56. The van der Waals surface area contributed by atoms with Crippen molar-refractivity contribution >= 4 is 11.8 Å². The van der Waals surface area contributed by atoms with Gasteiger partial charge in [-0.25, -0.2) is 4.79 Å². The molecule has 2 atom stereocenters. The number of nitrogen functional groups attached to an aromatic ring is 1. The number of carbonyl (C=O) groups excluding carboxylic acids is 1. The number of alkyl carbamates (subject to hydrolysis) is 1. The summed E-state index contributed by atoms with van der Waals surface area (Å²) in [5, 5.41) is 22.7. The van der Waals surface area contributed by atoms with Gasteiger partial charge in [0.25, 0.3) is 0 Å². The Kier molecular flexibility index (Phi) is 6.62. The number of carbonyl (C=O) groups is 1. The number of rotatable bonds is 7. The Morgan fingerprint density at radius 3 is 2.60 bits per heavy atom. The fraction of sp³-hybridized carbons (Fsp3) is 0.278. The molecule has 0 aliphatic heterocycles. The SMILES string of the molecule is COc1cc(N)cc(C(O)C(O)CNC(=O)OCc2ccccc2)c1. The summed E-state index contributed by atoms with van der Waals surface area (Å²) in [6, 6.07) is 13.9. The molecular formula is C18H22N2O5. The highest BCUT2D eigenvalue weighted by atomic mass is 16.5. The molecule has 2 aromatic rings. The van der Waals surface area contributed by atoms with Crippen molar-refractivity contribution in [3.05, 3.63) is 59.7 Å². The van der Waals surface area contributed by atoms with Crippen LogP contribution in [-0.2, 0) is 11.3 Å². The van der Waals surface area contributed by atoms with Crippen molar-refractivity contribution in [3.63, 3.8) is 0 Å². The third-order valence-electron chi connectivity index (χ3n) is 3.56. The second-order valence-corrected chi connectivity index (χ2v) is 5.49. The van der Waals surface area contributed by atoms with Gasteiger partial charge in [0.05, 0.1) is 7.11 Å².